The normalized spacial score (nSPS) is 12.3. The molecule has 0 saturated carbocycles. The van der Waals surface area contributed by atoms with Gasteiger partial charge in [-0.25, -0.2) is 9.48 Å². The Morgan fingerprint density at radius 3 is 2.67 bits per heavy atom. The van der Waals surface area contributed by atoms with Gasteiger partial charge in [0, 0.05) is 16.8 Å². The van der Waals surface area contributed by atoms with E-state index >= 15 is 0 Å². The quantitative estimate of drug-likeness (QED) is 0.611. The summed E-state index contributed by atoms with van der Waals surface area (Å²) in [6, 6.07) is 11.2. The van der Waals surface area contributed by atoms with Crippen LogP contribution in [0.5, 0.6) is 0 Å². The predicted octanol–water partition coefficient (Wildman–Crippen LogP) is 2.75. The number of nitrogens with zero attached hydrogens (tertiary/aromatic N) is 4. The number of amides is 1. The lowest BCUT2D eigenvalue weighted by atomic mass is 10.2. The second-order valence-corrected chi connectivity index (χ2v) is 7.61. The molecule has 3 rings (SSSR count). The van der Waals surface area contributed by atoms with Crippen molar-refractivity contribution in [3.63, 3.8) is 0 Å². The molecule has 2 aromatic heterocycles. The van der Waals surface area contributed by atoms with Crippen LogP contribution in [0.15, 0.2) is 46.2 Å². The molecule has 0 unspecified atom stereocenters. The fraction of sp³-hybridized carbons (Fsp3) is 0.333. The highest BCUT2D eigenvalue weighted by Crippen LogP contribution is 2.21. The molecule has 1 amide bonds. The third-order valence-electron chi connectivity index (χ3n) is 4.03. The Hall–Kier alpha value is -2.32. The molecule has 142 valence electrons. The smallest absolute Gasteiger partial charge is 0.352 e. The fourth-order valence-corrected chi connectivity index (χ4v) is 3.30. The Morgan fingerprint density at radius 1 is 1.22 bits per heavy atom. The van der Waals surface area contributed by atoms with Gasteiger partial charge in [-0.1, -0.05) is 42.4 Å². The topological polar surface area (TPSA) is 81.3 Å². The number of hydrogen-bond acceptors (Lipinski definition) is 5. The molecule has 1 N–H and O–H groups in total. The highest BCUT2D eigenvalue weighted by molar-refractivity contribution is 7.98. The average Bonchev–Trinajstić information content (AvgIpc) is 2.96. The van der Waals surface area contributed by atoms with Crippen LogP contribution < -0.4 is 11.0 Å². The number of halogens is 1. The van der Waals surface area contributed by atoms with Gasteiger partial charge < -0.3 is 5.32 Å². The number of aromatic nitrogens is 4. The van der Waals surface area contributed by atoms with E-state index in [0.29, 0.717) is 21.4 Å². The summed E-state index contributed by atoms with van der Waals surface area (Å²) in [6.07, 6.45) is 0.821. The number of rotatable bonds is 7. The SMILES string of the molecule is CC[C@H](C)NC(=O)Cn1nc2ccc(SCc3ccc(Cl)cc3)nn2c1=O. The average molecular weight is 406 g/mol. The first-order valence-electron chi connectivity index (χ1n) is 8.59. The summed E-state index contributed by atoms with van der Waals surface area (Å²) in [5.41, 5.74) is 1.08. The molecule has 7 nitrogen and oxygen atoms in total. The first-order valence-corrected chi connectivity index (χ1v) is 9.96. The number of benzene rings is 1. The number of nitrogens with one attached hydrogen (secondary N) is 1. The van der Waals surface area contributed by atoms with Crippen molar-refractivity contribution in [3.05, 3.63) is 57.5 Å². The van der Waals surface area contributed by atoms with Crippen molar-refractivity contribution in [3.8, 4) is 0 Å². The van der Waals surface area contributed by atoms with Crippen molar-refractivity contribution in [2.75, 3.05) is 0 Å². The van der Waals surface area contributed by atoms with Crippen LogP contribution >= 0.6 is 23.4 Å². The molecular formula is C18H20ClN5O2S. The van der Waals surface area contributed by atoms with E-state index < -0.39 is 5.69 Å². The lowest BCUT2D eigenvalue weighted by molar-refractivity contribution is -0.122. The number of thioether (sulfide) groups is 1. The van der Waals surface area contributed by atoms with Crippen LogP contribution in [0, 0.1) is 0 Å². The Kier molecular flexibility index (Phi) is 6.18. The van der Waals surface area contributed by atoms with E-state index in [1.807, 2.05) is 44.2 Å². The molecule has 27 heavy (non-hydrogen) atoms. The molecule has 1 atom stereocenters. The van der Waals surface area contributed by atoms with Crippen molar-refractivity contribution in [2.45, 2.75) is 43.6 Å². The molecule has 2 heterocycles. The van der Waals surface area contributed by atoms with Gasteiger partial charge in [0.2, 0.25) is 5.91 Å². The summed E-state index contributed by atoms with van der Waals surface area (Å²) in [6.45, 7) is 3.77. The molecule has 0 spiro atoms. The molecule has 0 aliphatic rings. The summed E-state index contributed by atoms with van der Waals surface area (Å²) in [5.74, 6) is 0.461. The minimum atomic E-state index is -0.432. The second-order valence-electron chi connectivity index (χ2n) is 6.17. The predicted molar refractivity (Wildman–Crippen MR) is 106 cm³/mol. The van der Waals surface area contributed by atoms with Crippen LogP contribution in [-0.2, 0) is 17.1 Å². The Balaban J connectivity index is 1.73. The van der Waals surface area contributed by atoms with E-state index in [1.165, 1.54) is 16.3 Å². The molecule has 0 bridgehead atoms. The van der Waals surface area contributed by atoms with Crippen LogP contribution in [0.4, 0.5) is 0 Å². The van der Waals surface area contributed by atoms with Gasteiger partial charge in [0.15, 0.2) is 5.65 Å². The maximum Gasteiger partial charge on any atom is 0.367 e. The lowest BCUT2D eigenvalue weighted by Crippen LogP contribution is -2.37. The van der Waals surface area contributed by atoms with Gasteiger partial charge in [-0.15, -0.1) is 5.10 Å². The van der Waals surface area contributed by atoms with E-state index in [2.05, 4.69) is 15.5 Å². The van der Waals surface area contributed by atoms with Crippen molar-refractivity contribution in [1.29, 1.82) is 0 Å². The standard InChI is InChI=1S/C18H20ClN5O2S/c1-3-12(2)20-16(25)10-23-18(26)24-15(21-23)8-9-17(22-24)27-11-13-4-6-14(19)7-5-13/h4-9,12H,3,10-11H2,1-2H3,(H,20,25)/t12-/m0/s1. The highest BCUT2D eigenvalue weighted by Gasteiger charge is 2.13. The third-order valence-corrected chi connectivity index (χ3v) is 5.27. The third kappa shape index (κ3) is 4.90. The second kappa shape index (κ2) is 8.58. The fourth-order valence-electron chi connectivity index (χ4n) is 2.37. The number of fused-ring (bicyclic) bond motifs is 1. The van der Waals surface area contributed by atoms with Crippen LogP contribution in [0.1, 0.15) is 25.8 Å². The summed E-state index contributed by atoms with van der Waals surface area (Å²) < 4.78 is 2.36. The molecule has 9 heteroatoms. The Morgan fingerprint density at radius 2 is 1.96 bits per heavy atom. The summed E-state index contributed by atoms with van der Waals surface area (Å²) >= 11 is 7.40. The first-order chi connectivity index (χ1) is 13.0. The minimum Gasteiger partial charge on any atom is -0.352 e. The van der Waals surface area contributed by atoms with Crippen molar-refractivity contribution >= 4 is 34.9 Å². The Bertz CT molecular complexity index is 999. The molecule has 0 saturated heterocycles. The number of carbonyl (C=O) groups excluding carboxylic acids is 1. The van der Waals surface area contributed by atoms with Gasteiger partial charge in [-0.05, 0) is 43.2 Å². The van der Waals surface area contributed by atoms with Crippen LogP contribution in [-0.4, -0.2) is 31.3 Å². The number of hydrogen-bond donors (Lipinski definition) is 1. The first kappa shape index (κ1) is 19.4. The zero-order valence-corrected chi connectivity index (χ0v) is 16.6. The highest BCUT2D eigenvalue weighted by atomic mass is 35.5. The maximum absolute atomic E-state index is 12.5. The minimum absolute atomic E-state index is 0.0548. The van der Waals surface area contributed by atoms with E-state index in [1.54, 1.807) is 6.07 Å². The van der Waals surface area contributed by atoms with E-state index in [9.17, 15) is 9.59 Å². The van der Waals surface area contributed by atoms with Gasteiger partial charge in [-0.2, -0.15) is 9.61 Å². The molecular weight excluding hydrogens is 386 g/mol. The molecule has 0 aliphatic heterocycles. The van der Waals surface area contributed by atoms with Gasteiger partial charge in [-0.3, -0.25) is 4.79 Å². The zero-order chi connectivity index (χ0) is 19.4. The Labute approximate surface area is 165 Å². The van der Waals surface area contributed by atoms with Crippen molar-refractivity contribution < 1.29 is 4.79 Å². The summed E-state index contributed by atoms with van der Waals surface area (Å²) in [7, 11) is 0. The van der Waals surface area contributed by atoms with E-state index in [-0.39, 0.29) is 18.5 Å². The van der Waals surface area contributed by atoms with Crippen molar-refractivity contribution in [2.24, 2.45) is 0 Å². The van der Waals surface area contributed by atoms with E-state index in [0.717, 1.165) is 16.7 Å². The lowest BCUT2D eigenvalue weighted by Gasteiger charge is -2.10. The molecule has 0 fully saturated rings. The van der Waals surface area contributed by atoms with Gasteiger partial charge in [0.25, 0.3) is 0 Å². The van der Waals surface area contributed by atoms with Gasteiger partial charge in [0.05, 0.1) is 0 Å². The van der Waals surface area contributed by atoms with Crippen LogP contribution in [0.25, 0.3) is 5.65 Å². The van der Waals surface area contributed by atoms with E-state index in [4.69, 9.17) is 11.6 Å². The molecule has 3 aromatic rings. The largest absolute Gasteiger partial charge is 0.367 e. The van der Waals surface area contributed by atoms with Crippen LogP contribution in [0.2, 0.25) is 5.02 Å². The van der Waals surface area contributed by atoms with Crippen molar-refractivity contribution in [1.82, 2.24) is 24.7 Å². The monoisotopic (exact) mass is 405 g/mol. The zero-order valence-electron chi connectivity index (χ0n) is 15.1. The molecule has 0 aliphatic carbocycles. The molecule has 0 radical (unpaired) electrons. The summed E-state index contributed by atoms with van der Waals surface area (Å²) in [5, 5.41) is 12.7. The van der Waals surface area contributed by atoms with Gasteiger partial charge >= 0.3 is 5.69 Å². The molecule has 1 aromatic carbocycles. The van der Waals surface area contributed by atoms with Crippen LogP contribution in [0.3, 0.4) is 0 Å². The van der Waals surface area contributed by atoms with Gasteiger partial charge in [0.1, 0.15) is 11.6 Å². The maximum atomic E-state index is 12.5. The summed E-state index contributed by atoms with van der Waals surface area (Å²) in [4.78, 5) is 24.5. The number of carbonyl (C=O) groups is 1.